The molecule has 8 heteroatoms. The van der Waals surface area contributed by atoms with Gasteiger partial charge < -0.3 is 15.0 Å². The normalized spacial score (nSPS) is 26.5. The third kappa shape index (κ3) is 3.99. The Morgan fingerprint density at radius 1 is 1.42 bits per heavy atom. The van der Waals surface area contributed by atoms with Crippen LogP contribution in [0.2, 0.25) is 0 Å². The van der Waals surface area contributed by atoms with Gasteiger partial charge in [0.1, 0.15) is 6.61 Å². The zero-order valence-electron chi connectivity index (χ0n) is 13.3. The first kappa shape index (κ1) is 17.0. The van der Waals surface area contributed by atoms with Gasteiger partial charge in [0, 0.05) is 43.1 Å². The van der Waals surface area contributed by atoms with Crippen LogP contribution in [-0.4, -0.2) is 46.8 Å². The highest BCUT2D eigenvalue weighted by Crippen LogP contribution is 2.27. The fourth-order valence-electron chi connectivity index (χ4n) is 3.34. The smallest absolute Gasteiger partial charge is 0.410 e. The molecule has 1 aromatic rings. The number of carbonyl (C=O) groups excluding carboxylic acids is 1. The summed E-state index contributed by atoms with van der Waals surface area (Å²) < 4.78 is 5.33. The van der Waals surface area contributed by atoms with Crippen molar-refractivity contribution in [3.8, 4) is 0 Å². The number of nitro benzene ring substituents is 1. The number of amides is 1. The average molecular weight is 351 g/mol. The Kier molecular flexibility index (Phi) is 5.25. The third-order valence-corrected chi connectivity index (χ3v) is 5.10. The van der Waals surface area contributed by atoms with Gasteiger partial charge in [-0.2, -0.15) is 12.6 Å². The Bertz CT molecular complexity index is 610. The molecular formula is C16H21N3O4S. The lowest BCUT2D eigenvalue weighted by atomic mass is 9.98. The van der Waals surface area contributed by atoms with Crippen molar-refractivity contribution in [2.24, 2.45) is 5.92 Å². The molecule has 0 aliphatic carbocycles. The number of nitrogens with zero attached hydrogens (tertiary/aromatic N) is 2. The maximum Gasteiger partial charge on any atom is 0.410 e. The number of hydrogen-bond donors (Lipinski definition) is 2. The lowest BCUT2D eigenvalue weighted by molar-refractivity contribution is -0.384. The van der Waals surface area contributed by atoms with Crippen molar-refractivity contribution in [2.45, 2.75) is 30.7 Å². The maximum absolute atomic E-state index is 12.2. The monoisotopic (exact) mass is 351 g/mol. The van der Waals surface area contributed by atoms with E-state index < -0.39 is 4.92 Å². The summed E-state index contributed by atoms with van der Waals surface area (Å²) in [7, 11) is 0. The van der Waals surface area contributed by atoms with Gasteiger partial charge in [-0.05, 0) is 36.5 Å². The number of nitro groups is 1. The lowest BCUT2D eigenvalue weighted by Crippen LogP contribution is -2.34. The van der Waals surface area contributed by atoms with E-state index in [1.54, 1.807) is 17.0 Å². The van der Waals surface area contributed by atoms with Gasteiger partial charge in [0.15, 0.2) is 0 Å². The molecular weight excluding hydrogens is 330 g/mol. The number of ether oxygens (including phenoxy) is 1. The molecule has 2 heterocycles. The van der Waals surface area contributed by atoms with E-state index in [0.717, 1.165) is 24.9 Å². The fraction of sp³-hybridized carbons (Fsp3) is 0.562. The summed E-state index contributed by atoms with van der Waals surface area (Å²) in [6.45, 7) is 2.46. The number of thiol groups is 1. The van der Waals surface area contributed by atoms with E-state index in [-0.39, 0.29) is 18.4 Å². The molecule has 0 bridgehead atoms. The number of carbonyl (C=O) groups is 1. The summed E-state index contributed by atoms with van der Waals surface area (Å²) in [5, 5.41) is 14.5. The highest BCUT2D eigenvalue weighted by atomic mass is 32.1. The molecule has 3 atom stereocenters. The minimum atomic E-state index is -0.452. The number of nitrogens with one attached hydrogen (secondary N) is 1. The van der Waals surface area contributed by atoms with Crippen LogP contribution in [0.3, 0.4) is 0 Å². The van der Waals surface area contributed by atoms with Crippen molar-refractivity contribution in [3.63, 3.8) is 0 Å². The Morgan fingerprint density at radius 2 is 2.17 bits per heavy atom. The number of non-ortho nitro benzene ring substituents is 1. The average Bonchev–Trinajstić information content (AvgIpc) is 3.22. The van der Waals surface area contributed by atoms with E-state index in [0.29, 0.717) is 30.3 Å². The van der Waals surface area contributed by atoms with Crippen LogP contribution < -0.4 is 5.32 Å². The topological polar surface area (TPSA) is 84.7 Å². The van der Waals surface area contributed by atoms with E-state index >= 15 is 0 Å². The van der Waals surface area contributed by atoms with Crippen LogP contribution in [0.25, 0.3) is 0 Å². The SMILES string of the molecule is O=C(OCc1ccc([N+](=O)[O-])cc1)N1CC[C@H]([C@@H]2C[C@H](S)CN2)C1. The predicted octanol–water partition coefficient (Wildman–Crippen LogP) is 2.21. The Morgan fingerprint density at radius 3 is 2.79 bits per heavy atom. The first-order valence-corrected chi connectivity index (χ1v) is 8.61. The van der Waals surface area contributed by atoms with Crippen molar-refractivity contribution >= 4 is 24.4 Å². The molecule has 0 saturated carbocycles. The van der Waals surface area contributed by atoms with Gasteiger partial charge in [0.2, 0.25) is 0 Å². The summed E-state index contributed by atoms with van der Waals surface area (Å²) in [4.78, 5) is 24.1. The molecule has 2 aliphatic heterocycles. The number of hydrogen-bond acceptors (Lipinski definition) is 6. The van der Waals surface area contributed by atoms with E-state index in [9.17, 15) is 14.9 Å². The lowest BCUT2D eigenvalue weighted by Gasteiger charge is -2.20. The van der Waals surface area contributed by atoms with Crippen molar-refractivity contribution in [3.05, 3.63) is 39.9 Å². The molecule has 0 unspecified atom stereocenters. The summed E-state index contributed by atoms with van der Waals surface area (Å²) in [6.07, 6.45) is 1.70. The highest BCUT2D eigenvalue weighted by molar-refractivity contribution is 7.81. The largest absolute Gasteiger partial charge is 0.445 e. The first-order valence-electron chi connectivity index (χ1n) is 8.09. The molecule has 0 spiro atoms. The van der Waals surface area contributed by atoms with Crippen LogP contribution in [0, 0.1) is 16.0 Å². The second kappa shape index (κ2) is 7.40. The number of rotatable bonds is 4. The van der Waals surface area contributed by atoms with E-state index in [1.165, 1.54) is 12.1 Å². The summed E-state index contributed by atoms with van der Waals surface area (Å²) >= 11 is 4.49. The van der Waals surface area contributed by atoms with Crippen molar-refractivity contribution in [1.29, 1.82) is 0 Å². The summed E-state index contributed by atoms with van der Waals surface area (Å²) in [5.74, 6) is 0.453. The van der Waals surface area contributed by atoms with Crippen molar-refractivity contribution < 1.29 is 14.5 Å². The zero-order chi connectivity index (χ0) is 17.1. The molecule has 0 aromatic heterocycles. The number of benzene rings is 1. The van der Waals surface area contributed by atoms with Crippen molar-refractivity contribution in [1.82, 2.24) is 10.2 Å². The van der Waals surface area contributed by atoms with Crippen LogP contribution in [0.4, 0.5) is 10.5 Å². The second-order valence-electron chi connectivity index (χ2n) is 6.38. The maximum atomic E-state index is 12.2. The minimum absolute atomic E-state index is 0.0269. The van der Waals surface area contributed by atoms with Crippen LogP contribution in [0.1, 0.15) is 18.4 Å². The van der Waals surface area contributed by atoms with Gasteiger partial charge in [-0.3, -0.25) is 10.1 Å². The Hall–Kier alpha value is -1.80. The van der Waals surface area contributed by atoms with Gasteiger partial charge >= 0.3 is 6.09 Å². The number of likely N-dealkylation sites (tertiary alicyclic amines) is 1. The van der Waals surface area contributed by atoms with Gasteiger partial charge in [-0.15, -0.1) is 0 Å². The van der Waals surface area contributed by atoms with Crippen LogP contribution >= 0.6 is 12.6 Å². The molecule has 24 heavy (non-hydrogen) atoms. The quantitative estimate of drug-likeness (QED) is 0.494. The van der Waals surface area contributed by atoms with Gasteiger partial charge in [0.25, 0.3) is 5.69 Å². The van der Waals surface area contributed by atoms with E-state index in [1.807, 2.05) is 0 Å². The Labute approximate surface area is 145 Å². The molecule has 2 fully saturated rings. The van der Waals surface area contributed by atoms with Crippen molar-refractivity contribution in [2.75, 3.05) is 19.6 Å². The molecule has 7 nitrogen and oxygen atoms in total. The van der Waals surface area contributed by atoms with Gasteiger partial charge in [-0.25, -0.2) is 4.79 Å². The van der Waals surface area contributed by atoms with Gasteiger partial charge in [0.05, 0.1) is 4.92 Å². The van der Waals surface area contributed by atoms with Gasteiger partial charge in [-0.1, -0.05) is 0 Å². The molecule has 2 saturated heterocycles. The Balaban J connectivity index is 1.46. The van der Waals surface area contributed by atoms with Crippen LogP contribution in [0.5, 0.6) is 0 Å². The summed E-state index contributed by atoms with van der Waals surface area (Å²) in [6, 6.07) is 6.46. The summed E-state index contributed by atoms with van der Waals surface area (Å²) in [5.41, 5.74) is 0.763. The molecule has 1 N–H and O–H groups in total. The molecule has 3 rings (SSSR count). The first-order chi connectivity index (χ1) is 11.5. The zero-order valence-corrected chi connectivity index (χ0v) is 14.2. The third-order valence-electron chi connectivity index (χ3n) is 4.70. The minimum Gasteiger partial charge on any atom is -0.445 e. The highest BCUT2D eigenvalue weighted by Gasteiger charge is 2.35. The van der Waals surface area contributed by atoms with E-state index in [2.05, 4.69) is 17.9 Å². The van der Waals surface area contributed by atoms with Crippen LogP contribution in [0.15, 0.2) is 24.3 Å². The molecule has 2 aliphatic rings. The molecule has 0 radical (unpaired) electrons. The molecule has 1 aromatic carbocycles. The molecule has 130 valence electrons. The van der Waals surface area contributed by atoms with E-state index in [4.69, 9.17) is 4.74 Å². The standard InChI is InChI=1S/C16H21N3O4S/c20-16(23-10-11-1-3-13(4-2-11)19(21)22)18-6-5-12(9-18)15-7-14(24)8-17-15/h1-4,12,14-15,17,24H,5-10H2/t12-,14-,15-/m0/s1. The molecule has 1 amide bonds. The fourth-order valence-corrected chi connectivity index (χ4v) is 3.67. The van der Waals surface area contributed by atoms with Crippen LogP contribution in [-0.2, 0) is 11.3 Å². The predicted molar refractivity (Wildman–Crippen MR) is 92.1 cm³/mol. The second-order valence-corrected chi connectivity index (χ2v) is 7.11.